The Morgan fingerprint density at radius 3 is 2.54 bits per heavy atom. The number of sulfone groups is 1. The molecular formula is C19H17ClN4O2S2. The van der Waals surface area contributed by atoms with Gasteiger partial charge in [0.15, 0.2) is 9.84 Å². The summed E-state index contributed by atoms with van der Waals surface area (Å²) >= 11 is 7.91. The average Bonchev–Trinajstić information content (AvgIpc) is 3.03. The Kier molecular flexibility index (Phi) is 4.73. The van der Waals surface area contributed by atoms with E-state index in [2.05, 4.69) is 20.3 Å². The molecule has 0 saturated heterocycles. The second kappa shape index (κ2) is 6.95. The van der Waals surface area contributed by atoms with E-state index < -0.39 is 9.84 Å². The molecule has 0 spiro atoms. The summed E-state index contributed by atoms with van der Waals surface area (Å²) in [6, 6.07) is 6.81. The van der Waals surface area contributed by atoms with Gasteiger partial charge in [-0.3, -0.25) is 0 Å². The van der Waals surface area contributed by atoms with E-state index in [1.807, 2.05) is 13.8 Å². The van der Waals surface area contributed by atoms with Crippen molar-refractivity contribution in [1.82, 2.24) is 15.0 Å². The third-order valence-electron chi connectivity index (χ3n) is 4.56. The first-order chi connectivity index (χ1) is 13.3. The highest BCUT2D eigenvalue weighted by molar-refractivity contribution is 7.90. The molecule has 9 heteroatoms. The maximum absolute atomic E-state index is 11.6. The molecule has 0 bridgehead atoms. The monoisotopic (exact) mass is 432 g/mol. The zero-order chi connectivity index (χ0) is 20.1. The van der Waals surface area contributed by atoms with Gasteiger partial charge in [0, 0.05) is 18.2 Å². The number of aryl methyl sites for hydroxylation is 2. The second-order valence-electron chi connectivity index (χ2n) is 6.59. The largest absolute Gasteiger partial charge is 0.365 e. The number of benzene rings is 1. The number of aromatic nitrogens is 3. The van der Waals surface area contributed by atoms with Crippen molar-refractivity contribution in [1.29, 1.82) is 0 Å². The summed E-state index contributed by atoms with van der Waals surface area (Å²) in [6.07, 6.45) is 2.72. The third kappa shape index (κ3) is 3.32. The molecule has 28 heavy (non-hydrogen) atoms. The maximum Gasteiger partial charge on any atom is 0.175 e. The fourth-order valence-corrected chi connectivity index (χ4v) is 5.03. The van der Waals surface area contributed by atoms with Crippen molar-refractivity contribution in [3.8, 4) is 0 Å². The summed E-state index contributed by atoms with van der Waals surface area (Å²) in [5.74, 6) is 0.716. The highest BCUT2D eigenvalue weighted by atomic mass is 35.5. The zero-order valence-corrected chi connectivity index (χ0v) is 17.8. The van der Waals surface area contributed by atoms with E-state index in [1.54, 1.807) is 24.3 Å². The zero-order valence-electron chi connectivity index (χ0n) is 15.4. The van der Waals surface area contributed by atoms with Gasteiger partial charge in [0.05, 0.1) is 25.8 Å². The SMILES string of the molecule is Cc1nc2sc3c(NCc4ccc(S(C)(=O)=O)cc4)ncnc3c2c(C)c1Cl. The number of hydrogen-bond donors (Lipinski definition) is 1. The van der Waals surface area contributed by atoms with Crippen LogP contribution in [0.25, 0.3) is 20.4 Å². The highest BCUT2D eigenvalue weighted by Crippen LogP contribution is 2.39. The van der Waals surface area contributed by atoms with Gasteiger partial charge in [0.25, 0.3) is 0 Å². The first kappa shape index (κ1) is 19.0. The number of hydrogen-bond acceptors (Lipinski definition) is 7. The third-order valence-corrected chi connectivity index (χ3v) is 7.32. The van der Waals surface area contributed by atoms with E-state index in [-0.39, 0.29) is 0 Å². The summed E-state index contributed by atoms with van der Waals surface area (Å²) in [5.41, 5.74) is 3.55. The van der Waals surface area contributed by atoms with Crippen LogP contribution in [0.15, 0.2) is 35.5 Å². The minimum Gasteiger partial charge on any atom is -0.365 e. The van der Waals surface area contributed by atoms with E-state index in [9.17, 15) is 8.42 Å². The number of nitrogens with one attached hydrogen (secondary N) is 1. The van der Waals surface area contributed by atoms with Gasteiger partial charge in [-0.1, -0.05) is 23.7 Å². The van der Waals surface area contributed by atoms with Gasteiger partial charge >= 0.3 is 0 Å². The fraction of sp³-hybridized carbons (Fsp3) is 0.211. The van der Waals surface area contributed by atoms with E-state index in [1.165, 1.54) is 23.9 Å². The lowest BCUT2D eigenvalue weighted by molar-refractivity contribution is 0.602. The summed E-state index contributed by atoms with van der Waals surface area (Å²) in [6.45, 7) is 4.38. The van der Waals surface area contributed by atoms with Crippen molar-refractivity contribution >= 4 is 59.0 Å². The second-order valence-corrected chi connectivity index (χ2v) is 9.98. The van der Waals surface area contributed by atoms with Crippen LogP contribution in [0.5, 0.6) is 0 Å². The van der Waals surface area contributed by atoms with Crippen molar-refractivity contribution in [3.05, 3.63) is 52.4 Å². The van der Waals surface area contributed by atoms with Crippen molar-refractivity contribution in [3.63, 3.8) is 0 Å². The lowest BCUT2D eigenvalue weighted by Crippen LogP contribution is -2.03. The van der Waals surface area contributed by atoms with Crippen LogP contribution in [0.4, 0.5) is 5.82 Å². The predicted octanol–water partition coefficient (Wildman–Crippen LogP) is 4.53. The Hall–Kier alpha value is -2.29. The molecule has 4 aromatic rings. The van der Waals surface area contributed by atoms with Crippen LogP contribution in [-0.4, -0.2) is 29.6 Å². The Balaban J connectivity index is 1.70. The van der Waals surface area contributed by atoms with Gasteiger partial charge in [-0.05, 0) is 37.1 Å². The molecule has 3 heterocycles. The summed E-state index contributed by atoms with van der Waals surface area (Å²) in [7, 11) is -3.20. The number of nitrogens with zero attached hydrogens (tertiary/aromatic N) is 3. The van der Waals surface area contributed by atoms with Crippen LogP contribution in [0.2, 0.25) is 5.02 Å². The van der Waals surface area contributed by atoms with E-state index in [4.69, 9.17) is 11.6 Å². The first-order valence-corrected chi connectivity index (χ1v) is 11.6. The summed E-state index contributed by atoms with van der Waals surface area (Å²) in [5, 5.41) is 4.94. The smallest absolute Gasteiger partial charge is 0.175 e. The molecule has 0 aliphatic carbocycles. The Morgan fingerprint density at radius 1 is 1.14 bits per heavy atom. The minimum absolute atomic E-state index is 0.305. The van der Waals surface area contributed by atoms with Crippen LogP contribution in [0.1, 0.15) is 16.8 Å². The Morgan fingerprint density at radius 2 is 1.86 bits per heavy atom. The molecule has 0 fully saturated rings. The standard InChI is InChI=1S/C19H17ClN4O2S2/c1-10-14-16-17(27-19(14)24-11(2)15(10)20)18(23-9-22-16)21-8-12-4-6-13(7-5-12)28(3,25)26/h4-7,9H,8H2,1-3H3,(H,21,22,23). The molecule has 0 amide bonds. The fourth-order valence-electron chi connectivity index (χ4n) is 3.06. The number of thiophene rings is 1. The number of fused-ring (bicyclic) bond motifs is 3. The van der Waals surface area contributed by atoms with Crippen LogP contribution in [0, 0.1) is 13.8 Å². The normalized spacial score (nSPS) is 12.0. The molecule has 0 unspecified atom stereocenters. The molecular weight excluding hydrogens is 416 g/mol. The molecule has 3 aromatic heterocycles. The topological polar surface area (TPSA) is 84.8 Å². The number of rotatable bonds is 4. The number of pyridine rings is 1. The molecule has 1 N–H and O–H groups in total. The molecule has 4 rings (SSSR count). The van der Waals surface area contributed by atoms with Crippen LogP contribution in [0.3, 0.4) is 0 Å². The maximum atomic E-state index is 11.6. The molecule has 144 valence electrons. The van der Waals surface area contributed by atoms with Crippen molar-refractivity contribution in [2.75, 3.05) is 11.6 Å². The first-order valence-electron chi connectivity index (χ1n) is 8.48. The molecule has 0 atom stereocenters. The lowest BCUT2D eigenvalue weighted by atomic mass is 10.1. The van der Waals surface area contributed by atoms with Gasteiger partial charge < -0.3 is 5.32 Å². The quantitative estimate of drug-likeness (QED) is 0.510. The predicted molar refractivity (Wildman–Crippen MR) is 114 cm³/mol. The average molecular weight is 433 g/mol. The van der Waals surface area contributed by atoms with Gasteiger partial charge in [-0.25, -0.2) is 23.4 Å². The van der Waals surface area contributed by atoms with Crippen molar-refractivity contribution in [2.24, 2.45) is 0 Å². The van der Waals surface area contributed by atoms with Crippen molar-refractivity contribution < 1.29 is 8.42 Å². The van der Waals surface area contributed by atoms with E-state index >= 15 is 0 Å². The molecule has 0 aliphatic rings. The Bertz CT molecular complexity index is 1320. The Labute approximate surface area is 171 Å². The molecule has 6 nitrogen and oxygen atoms in total. The molecule has 0 saturated carbocycles. The van der Waals surface area contributed by atoms with Crippen LogP contribution >= 0.6 is 22.9 Å². The number of anilines is 1. The van der Waals surface area contributed by atoms with E-state index in [0.717, 1.165) is 37.3 Å². The minimum atomic E-state index is -3.20. The van der Waals surface area contributed by atoms with Gasteiger partial charge in [-0.15, -0.1) is 11.3 Å². The van der Waals surface area contributed by atoms with Gasteiger partial charge in [-0.2, -0.15) is 0 Å². The number of halogens is 1. The molecule has 0 radical (unpaired) electrons. The summed E-state index contributed by atoms with van der Waals surface area (Å²) in [4.78, 5) is 14.6. The van der Waals surface area contributed by atoms with Crippen LogP contribution in [-0.2, 0) is 16.4 Å². The highest BCUT2D eigenvalue weighted by Gasteiger charge is 2.17. The molecule has 1 aromatic carbocycles. The van der Waals surface area contributed by atoms with Crippen LogP contribution < -0.4 is 5.32 Å². The van der Waals surface area contributed by atoms with Gasteiger partial charge in [0.1, 0.15) is 17.0 Å². The lowest BCUT2D eigenvalue weighted by Gasteiger charge is -2.07. The van der Waals surface area contributed by atoms with Crippen molar-refractivity contribution in [2.45, 2.75) is 25.3 Å². The molecule has 0 aliphatic heterocycles. The van der Waals surface area contributed by atoms with Gasteiger partial charge in [0.2, 0.25) is 0 Å². The van der Waals surface area contributed by atoms with E-state index in [0.29, 0.717) is 22.3 Å². The summed E-state index contributed by atoms with van der Waals surface area (Å²) < 4.78 is 24.1.